The largest absolute Gasteiger partial charge is 0.375 e. The van der Waals surface area contributed by atoms with Crippen LogP contribution in [0.2, 0.25) is 0 Å². The van der Waals surface area contributed by atoms with E-state index in [4.69, 9.17) is 11.6 Å². The zero-order valence-corrected chi connectivity index (χ0v) is 8.93. The molecule has 0 radical (unpaired) electrons. The van der Waals surface area contributed by atoms with Crippen molar-refractivity contribution in [1.29, 1.82) is 0 Å². The molecule has 0 saturated heterocycles. The van der Waals surface area contributed by atoms with Gasteiger partial charge in [-0.3, -0.25) is 4.79 Å². The Labute approximate surface area is 95.8 Å². The molecule has 0 unspecified atom stereocenters. The highest BCUT2D eigenvalue weighted by Crippen LogP contribution is 2.12. The van der Waals surface area contributed by atoms with Crippen molar-refractivity contribution >= 4 is 23.2 Å². The van der Waals surface area contributed by atoms with E-state index in [1.807, 2.05) is 0 Å². The third kappa shape index (κ3) is 2.71. The van der Waals surface area contributed by atoms with E-state index in [1.54, 1.807) is 0 Å². The molecular weight excluding hydrogens is 236 g/mol. The first kappa shape index (κ1) is 12.5. The summed E-state index contributed by atoms with van der Waals surface area (Å²) in [6.45, 7) is 0. The number of halogens is 2. The van der Waals surface area contributed by atoms with Gasteiger partial charge in [0.25, 0.3) is 0 Å². The number of carbonyl (C=O) groups is 1. The minimum atomic E-state index is -1.08. The highest BCUT2D eigenvalue weighted by molar-refractivity contribution is 7.80. The molecule has 4 N–H and O–H groups in total. The maximum atomic E-state index is 13.2. The number of hydrogen-bond acceptors (Lipinski definition) is 3. The molecular formula is C9H9F2N3OS. The Balaban J connectivity index is 2.85. The van der Waals surface area contributed by atoms with Crippen molar-refractivity contribution in [2.75, 3.05) is 0 Å². The van der Waals surface area contributed by atoms with E-state index in [0.717, 1.165) is 6.07 Å². The zero-order chi connectivity index (χ0) is 12.3. The van der Waals surface area contributed by atoms with Gasteiger partial charge in [-0.05, 0) is 18.3 Å². The highest BCUT2D eigenvalue weighted by Gasteiger charge is 2.16. The van der Waals surface area contributed by atoms with Gasteiger partial charge in [-0.25, -0.2) is 19.6 Å². The molecule has 0 aliphatic heterocycles. The molecule has 0 spiro atoms. The van der Waals surface area contributed by atoms with E-state index in [9.17, 15) is 13.6 Å². The molecule has 0 bridgehead atoms. The summed E-state index contributed by atoms with van der Waals surface area (Å²) >= 11 is 4.46. The molecule has 0 atom stereocenters. The number of thiocarbonyl (C=S) groups is 1. The van der Waals surface area contributed by atoms with Gasteiger partial charge in [-0.1, -0.05) is 12.1 Å². The Hall–Kier alpha value is -1.60. The second-order valence-electron chi connectivity index (χ2n) is 2.99. The quantitative estimate of drug-likeness (QED) is 0.343. The number of nitrogens with two attached hydrogens (primary N) is 2. The summed E-state index contributed by atoms with van der Waals surface area (Å²) in [5.41, 5.74) is 5.00. The summed E-state index contributed by atoms with van der Waals surface area (Å²) in [7, 11) is 0. The third-order valence-electron chi connectivity index (χ3n) is 1.88. The van der Waals surface area contributed by atoms with Gasteiger partial charge in [0.2, 0.25) is 5.91 Å². The van der Waals surface area contributed by atoms with Gasteiger partial charge in [-0.15, -0.1) is 0 Å². The van der Waals surface area contributed by atoms with Crippen LogP contribution in [0.15, 0.2) is 18.2 Å². The number of rotatable bonds is 2. The molecule has 0 saturated carbocycles. The van der Waals surface area contributed by atoms with Crippen LogP contribution in [0.25, 0.3) is 0 Å². The topological polar surface area (TPSA) is 72.3 Å². The van der Waals surface area contributed by atoms with Gasteiger partial charge in [-0.2, -0.15) is 0 Å². The Bertz CT molecular complexity index is 439. The Kier molecular flexibility index (Phi) is 3.86. The lowest BCUT2D eigenvalue weighted by Gasteiger charge is -2.14. The van der Waals surface area contributed by atoms with Crippen LogP contribution < -0.4 is 11.6 Å². The predicted octanol–water partition coefficient (Wildman–Crippen LogP) is 0.453. The minimum absolute atomic E-state index is 0.100. The lowest BCUT2D eigenvalue weighted by Crippen LogP contribution is -2.46. The van der Waals surface area contributed by atoms with Crippen LogP contribution in [0.5, 0.6) is 0 Å². The van der Waals surface area contributed by atoms with E-state index in [-0.39, 0.29) is 10.7 Å². The molecule has 1 rings (SSSR count). The first-order valence-corrected chi connectivity index (χ1v) is 4.64. The first-order chi connectivity index (χ1) is 7.43. The monoisotopic (exact) mass is 245 g/mol. The molecule has 0 aliphatic carbocycles. The molecule has 1 aromatic carbocycles. The van der Waals surface area contributed by atoms with Crippen molar-refractivity contribution < 1.29 is 13.6 Å². The molecule has 1 amide bonds. The molecule has 4 nitrogen and oxygen atoms in total. The van der Waals surface area contributed by atoms with Crippen LogP contribution in [0.1, 0.15) is 5.56 Å². The second-order valence-corrected chi connectivity index (χ2v) is 3.41. The van der Waals surface area contributed by atoms with Crippen LogP contribution in [0.3, 0.4) is 0 Å². The van der Waals surface area contributed by atoms with Crippen molar-refractivity contribution in [2.45, 2.75) is 6.42 Å². The molecule has 0 aromatic heterocycles. The predicted molar refractivity (Wildman–Crippen MR) is 57.9 cm³/mol. The summed E-state index contributed by atoms with van der Waals surface area (Å²) in [5, 5.41) is 0.182. The zero-order valence-electron chi connectivity index (χ0n) is 8.11. The van der Waals surface area contributed by atoms with Crippen molar-refractivity contribution in [1.82, 2.24) is 5.01 Å². The van der Waals surface area contributed by atoms with Gasteiger partial charge in [0.05, 0.1) is 6.42 Å². The van der Waals surface area contributed by atoms with E-state index < -0.39 is 24.0 Å². The first-order valence-electron chi connectivity index (χ1n) is 4.23. The normalized spacial score (nSPS) is 9.94. The third-order valence-corrected chi connectivity index (χ3v) is 2.08. The Morgan fingerprint density at radius 2 is 2.06 bits per heavy atom. The Morgan fingerprint density at radius 3 is 2.62 bits per heavy atom. The van der Waals surface area contributed by atoms with E-state index >= 15 is 0 Å². The Morgan fingerprint density at radius 1 is 1.44 bits per heavy atom. The van der Waals surface area contributed by atoms with Crippen molar-refractivity contribution in [3.63, 3.8) is 0 Å². The second kappa shape index (κ2) is 4.95. The van der Waals surface area contributed by atoms with E-state index in [0.29, 0.717) is 5.01 Å². The summed E-state index contributed by atoms with van der Waals surface area (Å²) < 4.78 is 26.0. The van der Waals surface area contributed by atoms with Crippen LogP contribution in [-0.4, -0.2) is 16.0 Å². The molecule has 7 heteroatoms. The number of benzene rings is 1. The fourth-order valence-electron chi connectivity index (χ4n) is 1.06. The lowest BCUT2D eigenvalue weighted by atomic mass is 10.1. The van der Waals surface area contributed by atoms with Gasteiger partial charge in [0.15, 0.2) is 16.7 Å². The average molecular weight is 245 g/mol. The number of carbonyl (C=O) groups excluding carboxylic acids is 1. The molecule has 0 aliphatic rings. The number of amides is 1. The summed E-state index contributed by atoms with van der Waals surface area (Å²) in [5.74, 6) is 2.39. The van der Waals surface area contributed by atoms with Crippen LogP contribution in [0, 0.1) is 11.6 Å². The molecule has 0 fully saturated rings. The van der Waals surface area contributed by atoms with Crippen LogP contribution >= 0.6 is 12.2 Å². The molecule has 86 valence electrons. The SMILES string of the molecule is NC(=S)N(N)C(=O)Cc1cccc(F)c1F. The number of nitrogens with zero attached hydrogens (tertiary/aromatic N) is 1. The molecule has 1 aromatic rings. The summed E-state index contributed by atoms with van der Waals surface area (Å²) in [6.07, 6.45) is -0.405. The fraction of sp³-hybridized carbons (Fsp3) is 0.111. The van der Waals surface area contributed by atoms with Crippen LogP contribution in [0.4, 0.5) is 8.78 Å². The number of hydrogen-bond donors (Lipinski definition) is 2. The minimum Gasteiger partial charge on any atom is -0.375 e. The number of hydrazine groups is 1. The average Bonchev–Trinajstić information content (AvgIpc) is 2.23. The van der Waals surface area contributed by atoms with Crippen molar-refractivity contribution in [2.24, 2.45) is 11.6 Å². The van der Waals surface area contributed by atoms with Gasteiger partial charge < -0.3 is 5.73 Å². The van der Waals surface area contributed by atoms with E-state index in [2.05, 4.69) is 12.2 Å². The summed E-state index contributed by atoms with van der Waals surface area (Å²) in [6, 6.07) is 3.53. The smallest absolute Gasteiger partial charge is 0.247 e. The standard InChI is InChI=1S/C9H9F2N3OS/c10-6-3-1-2-5(8(6)11)4-7(15)14(13)9(12)16/h1-3H,4,13H2,(H2,12,16). The molecule has 0 heterocycles. The van der Waals surface area contributed by atoms with Crippen LogP contribution in [-0.2, 0) is 11.2 Å². The maximum Gasteiger partial charge on any atom is 0.247 e. The van der Waals surface area contributed by atoms with Crippen molar-refractivity contribution in [3.8, 4) is 0 Å². The molecule has 16 heavy (non-hydrogen) atoms. The fourth-order valence-corrected chi connectivity index (χ4v) is 1.16. The highest BCUT2D eigenvalue weighted by atomic mass is 32.1. The maximum absolute atomic E-state index is 13.2. The van der Waals surface area contributed by atoms with Gasteiger partial charge >= 0.3 is 0 Å². The summed E-state index contributed by atoms with van der Waals surface area (Å²) in [4.78, 5) is 11.4. The van der Waals surface area contributed by atoms with Gasteiger partial charge in [0.1, 0.15) is 0 Å². The van der Waals surface area contributed by atoms with Gasteiger partial charge in [0, 0.05) is 5.56 Å². The van der Waals surface area contributed by atoms with Crippen molar-refractivity contribution in [3.05, 3.63) is 35.4 Å². The van der Waals surface area contributed by atoms with E-state index in [1.165, 1.54) is 12.1 Å². The lowest BCUT2D eigenvalue weighted by molar-refractivity contribution is -0.126.